The zero-order valence-electron chi connectivity index (χ0n) is 15.3. The lowest BCUT2D eigenvalue weighted by molar-refractivity contribution is 0.0000662. The molecule has 2 heterocycles. The lowest BCUT2D eigenvalue weighted by Crippen LogP contribution is -2.53. The summed E-state index contributed by atoms with van der Waals surface area (Å²) in [6, 6.07) is 5.14. The van der Waals surface area contributed by atoms with E-state index in [4.69, 9.17) is 21.4 Å². The summed E-state index contributed by atoms with van der Waals surface area (Å²) in [6.07, 6.45) is 5.48. The average molecular weight is 378 g/mol. The second-order valence-electron chi connectivity index (χ2n) is 7.94. The lowest BCUT2D eigenvalue weighted by Gasteiger charge is -2.45. The third kappa shape index (κ3) is 3.88. The van der Waals surface area contributed by atoms with E-state index in [0.717, 1.165) is 36.8 Å². The number of carboxylic acids is 1. The maximum atomic E-state index is 12.6. The van der Waals surface area contributed by atoms with Gasteiger partial charge in [-0.3, -0.25) is 4.90 Å². The minimum absolute atomic E-state index is 0.00488. The number of ether oxygens (including phenoxy) is 1. The fourth-order valence-electron chi connectivity index (χ4n) is 3.73. The van der Waals surface area contributed by atoms with E-state index in [0.29, 0.717) is 0 Å². The van der Waals surface area contributed by atoms with Gasteiger partial charge >= 0.3 is 12.1 Å². The number of nitrogens with zero attached hydrogens (tertiary/aromatic N) is 1. The largest absolute Gasteiger partial charge is 0.478 e. The number of carbonyl (C=O) groups excluding carboxylic acids is 1. The highest BCUT2D eigenvalue weighted by Crippen LogP contribution is 2.38. The minimum Gasteiger partial charge on any atom is -0.478 e. The van der Waals surface area contributed by atoms with Crippen LogP contribution in [-0.4, -0.2) is 39.8 Å². The van der Waals surface area contributed by atoms with Crippen LogP contribution in [-0.2, 0) is 4.74 Å². The molecule has 1 aromatic rings. The molecule has 3 rings (SSSR count). The maximum absolute atomic E-state index is 12.6. The summed E-state index contributed by atoms with van der Waals surface area (Å²) in [5.74, 6) is -1.04. The second-order valence-corrected chi connectivity index (χ2v) is 8.34. The standard InChI is InChI=1S/C20H24ClNO4/c1-20(2,3)26-19(25)22-14-5-4-6-15(22)10-13(9-14)12-7-8-16(18(23)24)17(21)11-12/h7-9,11,14-15H,4-6,10H2,1-3H3,(H,23,24). The number of halogens is 1. The van der Waals surface area contributed by atoms with Crippen LogP contribution in [0.3, 0.4) is 0 Å². The first-order valence-electron chi connectivity index (χ1n) is 8.91. The fourth-order valence-corrected chi connectivity index (χ4v) is 3.99. The highest BCUT2D eigenvalue weighted by molar-refractivity contribution is 6.33. The van der Waals surface area contributed by atoms with Crippen molar-refractivity contribution in [2.24, 2.45) is 0 Å². The van der Waals surface area contributed by atoms with Gasteiger partial charge in [0.2, 0.25) is 0 Å². The van der Waals surface area contributed by atoms with Crippen molar-refractivity contribution in [2.45, 2.75) is 64.1 Å². The van der Waals surface area contributed by atoms with Crippen molar-refractivity contribution in [3.63, 3.8) is 0 Å². The Morgan fingerprint density at radius 1 is 1.27 bits per heavy atom. The molecule has 2 aliphatic rings. The summed E-state index contributed by atoms with van der Waals surface area (Å²) in [5.41, 5.74) is 1.61. The Kier molecular flexibility index (Phi) is 5.02. The topological polar surface area (TPSA) is 66.8 Å². The van der Waals surface area contributed by atoms with Gasteiger partial charge in [-0.15, -0.1) is 0 Å². The number of piperidine rings is 1. The Balaban J connectivity index is 1.87. The summed E-state index contributed by atoms with van der Waals surface area (Å²) in [6.45, 7) is 5.62. The molecule has 0 radical (unpaired) electrons. The highest BCUT2D eigenvalue weighted by atomic mass is 35.5. The van der Waals surface area contributed by atoms with Crippen molar-refractivity contribution in [2.75, 3.05) is 0 Å². The summed E-state index contributed by atoms with van der Waals surface area (Å²) in [4.78, 5) is 25.6. The first-order chi connectivity index (χ1) is 12.2. The van der Waals surface area contributed by atoms with Gasteiger partial charge in [-0.05, 0) is 69.7 Å². The first-order valence-corrected chi connectivity index (χ1v) is 9.29. The molecule has 1 N–H and O–H groups in total. The predicted molar refractivity (Wildman–Crippen MR) is 101 cm³/mol. The van der Waals surface area contributed by atoms with E-state index in [1.807, 2.05) is 25.7 Å². The van der Waals surface area contributed by atoms with E-state index in [-0.39, 0.29) is 28.8 Å². The van der Waals surface area contributed by atoms with Crippen molar-refractivity contribution in [3.8, 4) is 0 Å². The molecule has 1 amide bonds. The number of carboxylic acid groups (broad SMARTS) is 1. The van der Waals surface area contributed by atoms with E-state index in [9.17, 15) is 9.59 Å². The number of amides is 1. The predicted octanol–water partition coefficient (Wildman–Crippen LogP) is 4.98. The summed E-state index contributed by atoms with van der Waals surface area (Å²) >= 11 is 6.12. The van der Waals surface area contributed by atoms with Crippen molar-refractivity contribution in [1.29, 1.82) is 0 Å². The average Bonchev–Trinajstić information content (AvgIpc) is 2.51. The summed E-state index contributed by atoms with van der Waals surface area (Å²) in [5, 5.41) is 9.36. The van der Waals surface area contributed by atoms with Gasteiger partial charge in [-0.1, -0.05) is 23.7 Å². The molecular formula is C20H24ClNO4. The SMILES string of the molecule is CC(C)(C)OC(=O)N1C2C=C(c3ccc(C(=O)O)c(Cl)c3)CC1CCC2. The smallest absolute Gasteiger partial charge is 0.411 e. The van der Waals surface area contributed by atoms with Crippen LogP contribution in [0.1, 0.15) is 62.4 Å². The third-order valence-electron chi connectivity index (χ3n) is 4.81. The van der Waals surface area contributed by atoms with Crippen LogP contribution in [0.25, 0.3) is 5.57 Å². The molecule has 1 fully saturated rings. The van der Waals surface area contributed by atoms with Gasteiger partial charge in [0.1, 0.15) is 5.60 Å². The van der Waals surface area contributed by atoms with E-state index in [1.54, 1.807) is 12.1 Å². The Morgan fingerprint density at radius 3 is 2.58 bits per heavy atom. The molecule has 5 nitrogen and oxygen atoms in total. The van der Waals surface area contributed by atoms with Crippen LogP contribution < -0.4 is 0 Å². The van der Waals surface area contributed by atoms with Gasteiger partial charge in [-0.25, -0.2) is 9.59 Å². The van der Waals surface area contributed by atoms with Crippen LogP contribution in [0, 0.1) is 0 Å². The summed E-state index contributed by atoms with van der Waals surface area (Å²) in [7, 11) is 0. The van der Waals surface area contributed by atoms with Crippen LogP contribution in [0.5, 0.6) is 0 Å². The van der Waals surface area contributed by atoms with E-state index in [1.165, 1.54) is 6.07 Å². The van der Waals surface area contributed by atoms with Crippen molar-refractivity contribution in [1.82, 2.24) is 4.90 Å². The van der Waals surface area contributed by atoms with Gasteiger partial charge in [0.05, 0.1) is 16.6 Å². The van der Waals surface area contributed by atoms with Crippen LogP contribution >= 0.6 is 11.6 Å². The van der Waals surface area contributed by atoms with Crippen LogP contribution in [0.15, 0.2) is 24.3 Å². The van der Waals surface area contributed by atoms with Gasteiger partial charge in [0.15, 0.2) is 0 Å². The molecular weight excluding hydrogens is 354 g/mol. The Bertz CT molecular complexity index is 766. The van der Waals surface area contributed by atoms with Crippen molar-refractivity contribution < 1.29 is 19.4 Å². The highest BCUT2D eigenvalue weighted by Gasteiger charge is 2.39. The molecule has 26 heavy (non-hydrogen) atoms. The summed E-state index contributed by atoms with van der Waals surface area (Å²) < 4.78 is 5.59. The molecule has 6 heteroatoms. The van der Waals surface area contributed by atoms with Crippen LogP contribution in [0.2, 0.25) is 5.02 Å². The Hall–Kier alpha value is -2.01. The number of benzene rings is 1. The van der Waals surface area contributed by atoms with Crippen LogP contribution in [0.4, 0.5) is 4.79 Å². The molecule has 0 aliphatic carbocycles. The molecule has 2 aliphatic heterocycles. The fraction of sp³-hybridized carbons (Fsp3) is 0.500. The minimum atomic E-state index is -1.04. The van der Waals surface area contributed by atoms with E-state index >= 15 is 0 Å². The molecule has 0 saturated carbocycles. The Morgan fingerprint density at radius 2 is 2.00 bits per heavy atom. The monoisotopic (exact) mass is 377 g/mol. The van der Waals surface area contributed by atoms with E-state index < -0.39 is 11.6 Å². The third-order valence-corrected chi connectivity index (χ3v) is 5.12. The number of hydrogen-bond acceptors (Lipinski definition) is 3. The first kappa shape index (κ1) is 18.8. The molecule has 2 atom stereocenters. The number of carbonyl (C=O) groups is 2. The van der Waals surface area contributed by atoms with Gasteiger partial charge in [0, 0.05) is 6.04 Å². The molecule has 1 aromatic carbocycles. The zero-order chi connectivity index (χ0) is 19.1. The lowest BCUT2D eigenvalue weighted by atomic mass is 9.83. The quantitative estimate of drug-likeness (QED) is 0.788. The zero-order valence-corrected chi connectivity index (χ0v) is 16.0. The molecule has 1 saturated heterocycles. The Labute approximate surface area is 158 Å². The number of hydrogen-bond donors (Lipinski definition) is 1. The van der Waals surface area contributed by atoms with E-state index in [2.05, 4.69) is 6.08 Å². The number of aromatic carboxylic acids is 1. The van der Waals surface area contributed by atoms with Gasteiger partial charge < -0.3 is 9.84 Å². The van der Waals surface area contributed by atoms with Crippen molar-refractivity contribution in [3.05, 3.63) is 40.4 Å². The van der Waals surface area contributed by atoms with Gasteiger partial charge in [0.25, 0.3) is 0 Å². The second kappa shape index (κ2) is 6.95. The molecule has 0 aromatic heterocycles. The van der Waals surface area contributed by atoms with Gasteiger partial charge in [-0.2, -0.15) is 0 Å². The molecule has 2 bridgehead atoms. The molecule has 0 spiro atoms. The molecule has 140 valence electrons. The normalized spacial score (nSPS) is 22.6. The maximum Gasteiger partial charge on any atom is 0.411 e. The number of fused-ring (bicyclic) bond motifs is 2. The number of rotatable bonds is 2. The van der Waals surface area contributed by atoms with Crippen molar-refractivity contribution >= 4 is 29.2 Å². The molecule has 2 unspecified atom stereocenters.